The van der Waals surface area contributed by atoms with E-state index < -0.39 is 77.8 Å². The van der Waals surface area contributed by atoms with Gasteiger partial charge in [-0.05, 0) is 81.3 Å². The molecule has 0 radical (unpaired) electrons. The Hall–Kier alpha value is -5.47. The van der Waals surface area contributed by atoms with E-state index in [1.807, 2.05) is 5.32 Å². The highest BCUT2D eigenvalue weighted by molar-refractivity contribution is 6.38. The second kappa shape index (κ2) is 19.0. The second-order valence-electron chi connectivity index (χ2n) is 14.7. The molecule has 2 aromatic rings. The van der Waals surface area contributed by atoms with Crippen LogP contribution in [0, 0.1) is 5.92 Å². The van der Waals surface area contributed by atoms with E-state index in [0.29, 0.717) is 41.9 Å². The zero-order valence-corrected chi connectivity index (χ0v) is 31.2. The lowest BCUT2D eigenvalue weighted by molar-refractivity contribution is -0.143. The summed E-state index contributed by atoms with van der Waals surface area (Å²) < 4.78 is 11.5. The maximum Gasteiger partial charge on any atom is 0.408 e. The van der Waals surface area contributed by atoms with E-state index in [1.54, 1.807) is 76.2 Å². The maximum absolute atomic E-state index is 14.3. The zero-order valence-electron chi connectivity index (χ0n) is 31.2. The van der Waals surface area contributed by atoms with Gasteiger partial charge in [-0.3, -0.25) is 28.8 Å². The van der Waals surface area contributed by atoms with E-state index >= 15 is 0 Å². The molecule has 5 amide bonds. The number of hydrogen-bond acceptors (Lipinski definition) is 9. The van der Waals surface area contributed by atoms with Crippen LogP contribution in [0.1, 0.15) is 83.8 Å². The van der Waals surface area contributed by atoms with E-state index in [9.17, 15) is 33.6 Å². The molecular weight excluding hydrogens is 698 g/mol. The van der Waals surface area contributed by atoms with Gasteiger partial charge in [-0.2, -0.15) is 0 Å². The van der Waals surface area contributed by atoms with E-state index in [1.165, 1.54) is 0 Å². The topological polar surface area (TPSA) is 218 Å². The van der Waals surface area contributed by atoms with Crippen LogP contribution in [0.2, 0.25) is 0 Å². The smallest absolute Gasteiger partial charge is 0.408 e. The lowest BCUT2D eigenvalue weighted by Crippen LogP contribution is -2.60. The Kier molecular flexibility index (Phi) is 14.6. The number of Topliss-reactive ketones (excluding diaryl/α,β-unsaturated/α-hetero) is 1. The minimum Gasteiger partial charge on any atom is -0.480 e. The normalized spacial score (nSPS) is 20.2. The van der Waals surface area contributed by atoms with Crippen molar-refractivity contribution in [3.8, 4) is 11.5 Å². The summed E-state index contributed by atoms with van der Waals surface area (Å²) in [6, 6.07) is 9.13. The number of nitrogens with one attached hydrogen (secondary N) is 5. The van der Waals surface area contributed by atoms with Crippen molar-refractivity contribution in [2.45, 2.75) is 115 Å². The molecule has 2 aliphatic heterocycles. The van der Waals surface area contributed by atoms with Crippen LogP contribution in [-0.4, -0.2) is 82.9 Å². The number of rotatable bonds is 10. The van der Waals surface area contributed by atoms with Crippen molar-refractivity contribution in [2.24, 2.45) is 5.92 Å². The molecule has 54 heavy (non-hydrogen) atoms. The number of fused-ring (bicyclic) bond motifs is 10. The van der Waals surface area contributed by atoms with Gasteiger partial charge in [0.25, 0.3) is 5.91 Å². The van der Waals surface area contributed by atoms with E-state index in [-0.39, 0.29) is 25.2 Å². The van der Waals surface area contributed by atoms with Gasteiger partial charge in [0.05, 0.1) is 6.04 Å². The number of hydrogen-bond donors (Lipinski definition) is 6. The first-order valence-electron chi connectivity index (χ1n) is 18.4. The molecule has 0 spiro atoms. The highest BCUT2D eigenvalue weighted by Gasteiger charge is 2.37. The molecule has 292 valence electrons. The molecule has 15 nitrogen and oxygen atoms in total. The molecule has 3 aliphatic rings. The van der Waals surface area contributed by atoms with Crippen molar-refractivity contribution in [2.75, 3.05) is 6.54 Å². The maximum atomic E-state index is 14.3. The first-order valence-corrected chi connectivity index (χ1v) is 18.4. The third-order valence-corrected chi connectivity index (χ3v) is 9.11. The fourth-order valence-corrected chi connectivity index (χ4v) is 6.52. The third-order valence-electron chi connectivity index (χ3n) is 9.11. The number of carboxylic acid groups (broad SMARTS) is 1. The van der Waals surface area contributed by atoms with Crippen molar-refractivity contribution in [3.63, 3.8) is 0 Å². The molecule has 4 bridgehead atoms. The second-order valence-corrected chi connectivity index (χ2v) is 14.7. The van der Waals surface area contributed by atoms with Crippen molar-refractivity contribution < 1.29 is 48.1 Å². The number of benzene rings is 2. The largest absolute Gasteiger partial charge is 0.480 e. The fourth-order valence-electron chi connectivity index (χ4n) is 6.52. The highest BCUT2D eigenvalue weighted by Crippen LogP contribution is 2.28. The number of carbonyl (C=O) groups is 7. The van der Waals surface area contributed by atoms with Gasteiger partial charge in [-0.25, -0.2) is 4.79 Å². The van der Waals surface area contributed by atoms with Crippen LogP contribution in [0.3, 0.4) is 0 Å². The minimum absolute atomic E-state index is 0.0554. The van der Waals surface area contributed by atoms with Gasteiger partial charge < -0.3 is 41.2 Å². The van der Waals surface area contributed by atoms with Crippen LogP contribution in [0.15, 0.2) is 48.5 Å². The summed E-state index contributed by atoms with van der Waals surface area (Å²) in [7, 11) is 0. The molecule has 2 aromatic carbocycles. The van der Waals surface area contributed by atoms with Crippen LogP contribution >= 0.6 is 0 Å². The summed E-state index contributed by atoms with van der Waals surface area (Å²) in [5, 5.41) is 21.9. The third kappa shape index (κ3) is 12.6. The van der Waals surface area contributed by atoms with E-state index in [0.717, 1.165) is 19.3 Å². The molecule has 2 heterocycles. The van der Waals surface area contributed by atoms with Gasteiger partial charge in [-0.1, -0.05) is 56.9 Å². The molecule has 1 aliphatic carbocycles. The van der Waals surface area contributed by atoms with Crippen molar-refractivity contribution >= 4 is 41.5 Å². The lowest BCUT2D eigenvalue weighted by atomic mass is 9.83. The quantitative estimate of drug-likeness (QED) is 0.195. The van der Waals surface area contributed by atoms with Gasteiger partial charge >= 0.3 is 12.1 Å². The van der Waals surface area contributed by atoms with Crippen LogP contribution in [0.4, 0.5) is 4.79 Å². The minimum atomic E-state index is -1.34. The van der Waals surface area contributed by atoms with Gasteiger partial charge in [0.2, 0.25) is 23.5 Å². The highest BCUT2D eigenvalue weighted by atomic mass is 16.6. The number of ether oxygens (including phenoxy) is 2. The van der Waals surface area contributed by atoms with Crippen LogP contribution in [0.5, 0.6) is 11.5 Å². The number of amides is 5. The lowest BCUT2D eigenvalue weighted by Gasteiger charge is -2.33. The number of carbonyl (C=O) groups excluding carboxylic acids is 6. The predicted octanol–water partition coefficient (Wildman–Crippen LogP) is 3.08. The van der Waals surface area contributed by atoms with Crippen molar-refractivity contribution in [1.29, 1.82) is 0 Å². The monoisotopic (exact) mass is 749 g/mol. The van der Waals surface area contributed by atoms with Crippen LogP contribution in [0.25, 0.3) is 0 Å². The van der Waals surface area contributed by atoms with Crippen LogP contribution < -0.4 is 31.3 Å². The van der Waals surface area contributed by atoms with Gasteiger partial charge in [0.15, 0.2) is 0 Å². The Bertz CT molecular complexity index is 1680. The standard InChI is InChI=1S/C39H51N5O10/c1-5-10-28(33(47)37(51)40-22-31(45)46)41-34(48)29-21-24-11-9-14-27(19-24)53-26-17-15-23(16-18-26)20-30(43-38(52)54-39(2,3)4)35(49)44-32(36(50)42-29)25-12-7-6-8-13-25/h9,11,14-19,25,28-30,32H,5-8,10,12-13,20-22H2,1-4H3,(H,40,51)(H,41,48)(H,42,50)(H,43,52)(H,44,49)(H,45,46)/t28?,29-,30-,32-/m0/s1. The van der Waals surface area contributed by atoms with Gasteiger partial charge in [0, 0.05) is 12.8 Å². The molecule has 1 fully saturated rings. The molecular formula is C39H51N5O10. The number of ketones is 1. The summed E-state index contributed by atoms with van der Waals surface area (Å²) in [6.07, 6.45) is 3.57. The Balaban J connectivity index is 1.72. The number of aliphatic carboxylic acids is 1. The predicted molar refractivity (Wildman–Crippen MR) is 196 cm³/mol. The molecule has 1 unspecified atom stereocenters. The van der Waals surface area contributed by atoms with Crippen LogP contribution in [-0.2, 0) is 46.3 Å². The Morgan fingerprint density at radius 3 is 2.26 bits per heavy atom. The van der Waals surface area contributed by atoms with Gasteiger partial charge in [-0.15, -0.1) is 0 Å². The number of alkyl carbamates (subject to hydrolysis) is 1. The average molecular weight is 750 g/mol. The Labute approximate surface area is 314 Å². The summed E-state index contributed by atoms with van der Waals surface area (Å²) in [5.41, 5.74) is 0.474. The van der Waals surface area contributed by atoms with Gasteiger partial charge in [0.1, 0.15) is 41.8 Å². The zero-order chi connectivity index (χ0) is 39.4. The van der Waals surface area contributed by atoms with E-state index in [2.05, 4.69) is 21.3 Å². The molecule has 4 atom stereocenters. The molecule has 1 saturated carbocycles. The van der Waals surface area contributed by atoms with E-state index in [4.69, 9.17) is 14.6 Å². The number of carboxylic acids is 1. The molecule has 15 heteroatoms. The molecule has 0 aromatic heterocycles. The molecule has 5 rings (SSSR count). The van der Waals surface area contributed by atoms with Crippen molar-refractivity contribution in [1.82, 2.24) is 26.6 Å². The summed E-state index contributed by atoms with van der Waals surface area (Å²) in [4.78, 5) is 91.9. The summed E-state index contributed by atoms with van der Waals surface area (Å²) in [6.45, 7) is 6.08. The Morgan fingerprint density at radius 1 is 0.907 bits per heavy atom. The average Bonchev–Trinajstić information content (AvgIpc) is 3.11. The molecule has 0 saturated heterocycles. The summed E-state index contributed by atoms with van der Waals surface area (Å²) in [5.74, 6) is -4.90. The molecule has 6 N–H and O–H groups in total. The Morgan fingerprint density at radius 2 is 1.61 bits per heavy atom. The first kappa shape index (κ1) is 41.3. The first-order chi connectivity index (χ1) is 25.6. The fraction of sp³-hybridized carbons (Fsp3) is 0.513. The summed E-state index contributed by atoms with van der Waals surface area (Å²) >= 11 is 0. The van der Waals surface area contributed by atoms with Crippen molar-refractivity contribution in [3.05, 3.63) is 59.7 Å². The SMILES string of the molecule is CCCC(NC(=O)[C@@H]1Cc2cccc(c2)Oc2ccc(cc2)C[C@H](NC(=O)OC(C)(C)C)C(=O)N[C@@H](C2CCCCC2)C(=O)N1)C(=O)C(=O)NCC(=O)O.